The number of carbonyl (C=O) groups is 3. The minimum absolute atomic E-state index is 0.146. The molecule has 0 aliphatic carbocycles. The van der Waals surface area contributed by atoms with Crippen molar-refractivity contribution in [2.75, 3.05) is 5.32 Å². The van der Waals surface area contributed by atoms with Gasteiger partial charge in [-0.2, -0.15) is 8.78 Å². The van der Waals surface area contributed by atoms with Gasteiger partial charge in [-0.1, -0.05) is 23.9 Å². The number of nitrogens with one attached hydrogen (secondary N) is 2. The van der Waals surface area contributed by atoms with E-state index in [0.29, 0.717) is 28.0 Å². The topological polar surface area (TPSA) is 111 Å². The molecule has 28 heavy (non-hydrogen) atoms. The van der Waals surface area contributed by atoms with E-state index < -0.39 is 29.8 Å². The first-order valence-corrected chi connectivity index (χ1v) is 8.86. The number of benzene rings is 2. The van der Waals surface area contributed by atoms with Crippen LogP contribution in [0.2, 0.25) is 0 Å². The third-order valence-electron chi connectivity index (χ3n) is 3.40. The highest BCUT2D eigenvalue weighted by Gasteiger charge is 2.21. The number of primary amides is 1. The highest BCUT2D eigenvalue weighted by Crippen LogP contribution is 2.28. The zero-order chi connectivity index (χ0) is 20.7. The van der Waals surface area contributed by atoms with Crippen molar-refractivity contribution in [2.45, 2.75) is 23.7 Å². The number of esters is 1. The number of hydrogen-bond donors (Lipinski definition) is 3. The van der Waals surface area contributed by atoms with E-state index in [2.05, 4.69) is 5.32 Å². The number of para-hydroxylation sites is 1. The van der Waals surface area contributed by atoms with E-state index in [1.54, 1.807) is 30.3 Å². The Balaban J connectivity index is 2.10. The van der Waals surface area contributed by atoms with Crippen LogP contribution in [0.5, 0.6) is 0 Å². The van der Waals surface area contributed by atoms with E-state index in [-0.39, 0.29) is 5.56 Å². The van der Waals surface area contributed by atoms with Crippen LogP contribution >= 0.6 is 11.8 Å². The van der Waals surface area contributed by atoms with Crippen molar-refractivity contribution in [1.29, 1.82) is 0 Å². The minimum atomic E-state index is -2.51. The van der Waals surface area contributed by atoms with E-state index in [1.165, 1.54) is 25.1 Å². The van der Waals surface area contributed by atoms with Gasteiger partial charge in [-0.05, 0) is 43.3 Å². The molecule has 0 fully saturated rings. The van der Waals surface area contributed by atoms with E-state index >= 15 is 0 Å². The number of rotatable bonds is 7. The fourth-order valence-electron chi connectivity index (χ4n) is 2.15. The highest BCUT2D eigenvalue weighted by molar-refractivity contribution is 7.99. The summed E-state index contributed by atoms with van der Waals surface area (Å²) in [4.78, 5) is 35.1. The molecule has 1 atom stereocenters. The zero-order valence-corrected chi connectivity index (χ0v) is 15.5. The van der Waals surface area contributed by atoms with Crippen LogP contribution in [-0.2, 0) is 9.53 Å². The molecule has 0 spiro atoms. The number of hydrogen-bond acceptors (Lipinski definition) is 6. The second-order valence-electron chi connectivity index (χ2n) is 5.47. The monoisotopic (exact) mass is 409 g/mol. The molecule has 2 aromatic carbocycles. The lowest BCUT2D eigenvalue weighted by Gasteiger charge is -2.15. The van der Waals surface area contributed by atoms with Gasteiger partial charge in [0.05, 0.1) is 11.3 Å². The number of anilines is 2. The molecule has 1 unspecified atom stereocenters. The number of amides is 3. The third-order valence-corrected chi connectivity index (χ3v) is 4.13. The predicted molar refractivity (Wildman–Crippen MR) is 101 cm³/mol. The van der Waals surface area contributed by atoms with Gasteiger partial charge in [-0.15, -0.1) is 0 Å². The normalized spacial score (nSPS) is 11.6. The molecule has 0 saturated carbocycles. The van der Waals surface area contributed by atoms with Crippen molar-refractivity contribution in [1.82, 2.24) is 5.32 Å². The Labute approximate surface area is 163 Å². The Morgan fingerprint density at radius 3 is 2.32 bits per heavy atom. The Hall–Kier alpha value is -3.14. The van der Waals surface area contributed by atoms with E-state index in [4.69, 9.17) is 10.5 Å². The molecule has 0 radical (unpaired) electrons. The molecule has 7 nitrogen and oxygen atoms in total. The Morgan fingerprint density at radius 2 is 1.71 bits per heavy atom. The van der Waals surface area contributed by atoms with Crippen LogP contribution in [0.15, 0.2) is 53.4 Å². The first-order chi connectivity index (χ1) is 13.3. The molecule has 0 heterocycles. The zero-order valence-electron chi connectivity index (χ0n) is 14.6. The smallest absolute Gasteiger partial charge is 0.341 e. The molecule has 0 aromatic heterocycles. The summed E-state index contributed by atoms with van der Waals surface area (Å²) >= 11 is 0.429. The van der Waals surface area contributed by atoms with Crippen LogP contribution < -0.4 is 16.4 Å². The molecule has 0 aliphatic rings. The molecular weight excluding hydrogens is 392 g/mol. The number of imide groups is 1. The summed E-state index contributed by atoms with van der Waals surface area (Å²) in [5.41, 5.74) is 5.96. The maximum absolute atomic E-state index is 12.4. The van der Waals surface area contributed by atoms with Gasteiger partial charge in [0.2, 0.25) is 0 Å². The maximum atomic E-state index is 12.4. The number of nitrogens with two attached hydrogens (primary N) is 1. The largest absolute Gasteiger partial charge is 0.449 e. The molecule has 2 aromatic rings. The van der Waals surface area contributed by atoms with Crippen LogP contribution in [0.25, 0.3) is 0 Å². The van der Waals surface area contributed by atoms with Gasteiger partial charge in [0.15, 0.2) is 6.10 Å². The van der Waals surface area contributed by atoms with Crippen LogP contribution in [0.4, 0.5) is 25.0 Å². The predicted octanol–water partition coefficient (Wildman–Crippen LogP) is 3.49. The average Bonchev–Trinajstić information content (AvgIpc) is 2.62. The number of carbonyl (C=O) groups excluding carboxylic acids is 3. The lowest BCUT2D eigenvalue weighted by atomic mass is 10.1. The van der Waals surface area contributed by atoms with Crippen LogP contribution in [0.3, 0.4) is 0 Å². The quantitative estimate of drug-likeness (QED) is 0.477. The van der Waals surface area contributed by atoms with Gasteiger partial charge < -0.3 is 15.8 Å². The van der Waals surface area contributed by atoms with Gasteiger partial charge >= 0.3 is 12.0 Å². The molecule has 3 amide bonds. The fourth-order valence-corrected chi connectivity index (χ4v) is 2.64. The van der Waals surface area contributed by atoms with Crippen molar-refractivity contribution in [3.05, 3.63) is 54.1 Å². The maximum Gasteiger partial charge on any atom is 0.341 e. The standard InChI is InChI=1S/C18H17F2N3O4S/c1-10(15(24)23-18(21)26)27-16(25)13-4-2-3-5-14(13)22-11-6-8-12(9-7-11)28-17(19)20/h2-10,17,22H,1H3,(H3,21,23,24,26). The first-order valence-electron chi connectivity index (χ1n) is 7.98. The third kappa shape index (κ3) is 6.23. The van der Waals surface area contributed by atoms with E-state index in [0.717, 1.165) is 0 Å². The summed E-state index contributed by atoms with van der Waals surface area (Å²) in [7, 11) is 0. The SMILES string of the molecule is CC(OC(=O)c1ccccc1Nc1ccc(SC(F)F)cc1)C(=O)NC(N)=O. The molecule has 0 bridgehead atoms. The number of alkyl halides is 2. The molecule has 10 heteroatoms. The summed E-state index contributed by atoms with van der Waals surface area (Å²) in [5.74, 6) is -4.15. The number of ether oxygens (including phenoxy) is 1. The lowest BCUT2D eigenvalue weighted by molar-refractivity contribution is -0.127. The fraction of sp³-hybridized carbons (Fsp3) is 0.167. The molecule has 0 saturated heterocycles. The van der Waals surface area contributed by atoms with Crippen LogP contribution in [0, 0.1) is 0 Å². The average molecular weight is 409 g/mol. The van der Waals surface area contributed by atoms with E-state index in [9.17, 15) is 23.2 Å². The summed E-state index contributed by atoms with van der Waals surface area (Å²) < 4.78 is 29.8. The number of thioether (sulfide) groups is 1. The van der Waals surface area contributed by atoms with E-state index in [1.807, 2.05) is 5.32 Å². The Kier molecular flexibility index (Phi) is 7.33. The van der Waals surface area contributed by atoms with Crippen molar-refractivity contribution in [3.8, 4) is 0 Å². The summed E-state index contributed by atoms with van der Waals surface area (Å²) in [5, 5.41) is 4.82. The second kappa shape index (κ2) is 9.70. The summed E-state index contributed by atoms with van der Waals surface area (Å²) in [6.07, 6.45) is -1.24. The van der Waals surface area contributed by atoms with Crippen molar-refractivity contribution in [2.24, 2.45) is 5.73 Å². The van der Waals surface area contributed by atoms with Gasteiger partial charge in [-0.3, -0.25) is 10.1 Å². The Morgan fingerprint density at radius 1 is 1.07 bits per heavy atom. The van der Waals surface area contributed by atoms with Gasteiger partial charge in [0.25, 0.3) is 11.7 Å². The summed E-state index contributed by atoms with van der Waals surface area (Å²) in [6, 6.07) is 11.6. The van der Waals surface area contributed by atoms with Crippen LogP contribution in [0.1, 0.15) is 17.3 Å². The molecule has 148 valence electrons. The van der Waals surface area contributed by atoms with Gasteiger partial charge in [-0.25, -0.2) is 9.59 Å². The van der Waals surface area contributed by atoms with Crippen molar-refractivity contribution in [3.63, 3.8) is 0 Å². The highest BCUT2D eigenvalue weighted by atomic mass is 32.2. The van der Waals surface area contributed by atoms with Crippen molar-refractivity contribution >= 4 is 41.0 Å². The summed E-state index contributed by atoms with van der Waals surface area (Å²) in [6.45, 7) is 1.30. The second-order valence-corrected chi connectivity index (χ2v) is 6.54. The first kappa shape index (κ1) is 21.2. The molecule has 0 aliphatic heterocycles. The van der Waals surface area contributed by atoms with Crippen LogP contribution in [-0.4, -0.2) is 29.8 Å². The number of urea groups is 1. The van der Waals surface area contributed by atoms with Gasteiger partial charge in [0, 0.05) is 10.6 Å². The van der Waals surface area contributed by atoms with Gasteiger partial charge in [0.1, 0.15) is 0 Å². The minimum Gasteiger partial charge on any atom is -0.449 e. The van der Waals surface area contributed by atoms with Crippen molar-refractivity contribution < 1.29 is 27.9 Å². The number of halogens is 2. The molecule has 2 rings (SSSR count). The lowest BCUT2D eigenvalue weighted by Crippen LogP contribution is -2.42. The Bertz CT molecular complexity index is 862. The molecule has 4 N–H and O–H groups in total. The molecular formula is C18H17F2N3O4S.